The number of likely N-dealkylation sites (tertiary alicyclic amines) is 1. The number of anilines is 2. The van der Waals surface area contributed by atoms with Crippen LogP contribution in [-0.2, 0) is 94.4 Å². The highest BCUT2D eigenvalue weighted by Crippen LogP contribution is 2.24. The number of nitrogens with one attached hydrogen (secondary N) is 13. The van der Waals surface area contributed by atoms with Crippen LogP contribution in [0.3, 0.4) is 0 Å². The number of hydrogen-bond donors (Lipinski definition) is 15. The van der Waals surface area contributed by atoms with Crippen LogP contribution < -0.4 is 74.9 Å². The maximum atomic E-state index is 15.6. The summed E-state index contributed by atoms with van der Waals surface area (Å²) in [4.78, 5) is 222. The van der Waals surface area contributed by atoms with Gasteiger partial charge >= 0.3 is 0 Å². The molecular formula is C90H112ClN19O16. The third-order valence-corrected chi connectivity index (χ3v) is 21.1. The van der Waals surface area contributed by atoms with Crippen molar-refractivity contribution in [3.8, 4) is 0 Å². The van der Waals surface area contributed by atoms with Gasteiger partial charge in [0.05, 0.1) is 33.3 Å². The molecule has 16 N–H and O–H groups in total. The van der Waals surface area contributed by atoms with Gasteiger partial charge in [-0.05, 0) is 151 Å². The minimum atomic E-state index is -1.94. The number of fused-ring (bicyclic) bond motifs is 1. The Kier molecular flexibility index (Phi) is 35.7. The second kappa shape index (κ2) is 46.6. The van der Waals surface area contributed by atoms with Gasteiger partial charge in [-0.15, -0.1) is 0 Å². The van der Waals surface area contributed by atoms with Gasteiger partial charge in [0.25, 0.3) is 11.8 Å². The highest BCUT2D eigenvalue weighted by atomic mass is 35.5. The molecule has 0 radical (unpaired) electrons. The summed E-state index contributed by atoms with van der Waals surface area (Å²) in [5.41, 5.74) is 8.41. The van der Waals surface area contributed by atoms with Crippen molar-refractivity contribution >= 4 is 122 Å². The Morgan fingerprint density at radius 2 is 1.03 bits per heavy atom. The summed E-state index contributed by atoms with van der Waals surface area (Å²) >= 11 is 6.33. The molecule has 2 aliphatic heterocycles. The van der Waals surface area contributed by atoms with Gasteiger partial charge in [-0.3, -0.25) is 81.9 Å². The van der Waals surface area contributed by atoms with Crippen LogP contribution in [0.25, 0.3) is 16.1 Å². The van der Waals surface area contributed by atoms with Crippen molar-refractivity contribution in [2.45, 2.75) is 184 Å². The fourth-order valence-electron chi connectivity index (χ4n) is 14.3. The van der Waals surface area contributed by atoms with E-state index in [0.717, 1.165) is 10.8 Å². The maximum absolute atomic E-state index is 15.6. The van der Waals surface area contributed by atoms with Crippen molar-refractivity contribution < 1.29 is 81.5 Å². The summed E-state index contributed by atoms with van der Waals surface area (Å²) in [5.74, 6) is -11.6. The summed E-state index contributed by atoms with van der Waals surface area (Å²) in [6, 6.07) is 21.3. The average molecular weight is 1750 g/mol. The van der Waals surface area contributed by atoms with Crippen molar-refractivity contribution in [2.75, 3.05) is 58.0 Å². The molecule has 16 amide bonds. The molecule has 0 spiro atoms. The molecule has 9 rings (SSSR count). The number of hydrogen-bond acceptors (Lipinski definition) is 19. The van der Waals surface area contributed by atoms with Crippen LogP contribution in [0, 0.1) is 5.92 Å². The number of aromatic nitrogens is 2. The smallest absolute Gasteiger partial charge is 0.279 e. The maximum Gasteiger partial charge on any atom is 0.279 e. The van der Waals surface area contributed by atoms with Crippen LogP contribution in [0.4, 0.5) is 16.2 Å². The second-order valence-electron chi connectivity index (χ2n) is 33.2. The van der Waals surface area contributed by atoms with E-state index in [1.54, 1.807) is 80.6 Å². The molecule has 5 aromatic carbocycles. The number of carbonyl (C=O) groups is 15. The number of pyridine rings is 2. The molecule has 2 aromatic heterocycles. The number of nitrogens with two attached hydrogens (primary N) is 1. The molecule has 4 heterocycles. The van der Waals surface area contributed by atoms with Crippen molar-refractivity contribution in [1.29, 1.82) is 0 Å². The SMILES string of the molecule is CC(C)C[C@H](NC(=O)[C@@H](Cc1ccc(NC(=O)C[N+](C)(C)C)cc1)NC(=O)[C@H](Cc1ccc(NC(=O)C2CC(=O)[N-]C(=O)N2)cc1)NC(=O)[C@H](CO)NC(=O)[C@@H](Cc1cccnc1)NC(=O)[C@@H](Cc1ccc(Cl)cc1)NC(=O)[C@@H](Cc1ccc2ccccc2c1)NC(=O)c1cccnc1)C(=O)N[C@@H](CCCCNC(C)C)C(=O)N1CCC[C@H]1C(=O)N[C@H](C)C(N)=O. The van der Waals surface area contributed by atoms with Gasteiger partial charge < -0.3 is 94.7 Å². The Morgan fingerprint density at radius 3 is 1.56 bits per heavy atom. The third kappa shape index (κ3) is 30.4. The lowest BCUT2D eigenvalue weighted by Gasteiger charge is -2.31. The number of quaternary nitrogens is 1. The molecule has 0 saturated carbocycles. The minimum absolute atomic E-state index is 0.0264. The predicted molar refractivity (Wildman–Crippen MR) is 471 cm³/mol. The van der Waals surface area contributed by atoms with E-state index >= 15 is 28.8 Å². The molecular weight excluding hydrogens is 1640 g/mol. The van der Waals surface area contributed by atoms with Crippen LogP contribution in [-0.4, -0.2) is 233 Å². The lowest BCUT2D eigenvalue weighted by Crippen LogP contribution is -2.62. The van der Waals surface area contributed by atoms with Gasteiger partial charge in [-0.1, -0.05) is 124 Å². The number of urea groups is 1. The van der Waals surface area contributed by atoms with Gasteiger partial charge in [0.1, 0.15) is 66.3 Å². The summed E-state index contributed by atoms with van der Waals surface area (Å²) in [6.45, 7) is 8.64. The largest absolute Gasteiger partial charge is 0.437 e. The zero-order valence-corrected chi connectivity index (χ0v) is 72.4. The van der Waals surface area contributed by atoms with Crippen molar-refractivity contribution in [2.24, 2.45) is 11.7 Å². The third-order valence-electron chi connectivity index (χ3n) is 20.9. The molecule has 35 nitrogen and oxygen atoms in total. The van der Waals surface area contributed by atoms with Crippen LogP contribution in [0.15, 0.2) is 164 Å². The Labute approximate surface area is 735 Å². The van der Waals surface area contributed by atoms with Gasteiger partial charge in [0, 0.05) is 98.3 Å². The minimum Gasteiger partial charge on any atom is -0.437 e. The fourth-order valence-corrected chi connectivity index (χ4v) is 14.4. The lowest BCUT2D eigenvalue weighted by atomic mass is 9.99. The quantitative estimate of drug-likeness (QED) is 0.0193. The summed E-state index contributed by atoms with van der Waals surface area (Å²) in [7, 11) is 5.52. The molecule has 36 heteroatoms. The molecule has 0 bridgehead atoms. The first-order chi connectivity index (χ1) is 60.0. The molecule has 670 valence electrons. The first-order valence-electron chi connectivity index (χ1n) is 41.9. The Balaban J connectivity index is 1.03. The first-order valence-corrected chi connectivity index (χ1v) is 42.2. The molecule has 11 atom stereocenters. The van der Waals surface area contributed by atoms with Gasteiger partial charge in [-0.25, -0.2) is 0 Å². The predicted octanol–water partition coefficient (Wildman–Crippen LogP) is 3.14. The summed E-state index contributed by atoms with van der Waals surface area (Å²) < 4.78 is 0.310. The topological polar surface area (TPSA) is 502 Å². The number of amides is 16. The number of unbranched alkanes of at least 4 members (excludes halogenated alkanes) is 1. The lowest BCUT2D eigenvalue weighted by molar-refractivity contribution is -0.861. The number of aliphatic hydroxyl groups excluding tert-OH is 1. The number of carbonyl (C=O) groups excluding carboxylic acids is 15. The van der Waals surface area contributed by atoms with E-state index in [4.69, 9.17) is 17.3 Å². The Hall–Kier alpha value is -13.1. The number of imide groups is 1. The monoisotopic (exact) mass is 1750 g/mol. The van der Waals surface area contributed by atoms with Gasteiger partial charge in [-0.2, -0.15) is 0 Å². The van der Waals surface area contributed by atoms with Gasteiger partial charge in [0.2, 0.25) is 65.0 Å². The number of benzene rings is 5. The Bertz CT molecular complexity index is 4990. The van der Waals surface area contributed by atoms with Crippen LogP contribution in [0.2, 0.25) is 5.02 Å². The highest BCUT2D eigenvalue weighted by molar-refractivity contribution is 6.30. The van der Waals surface area contributed by atoms with E-state index < -0.39 is 169 Å². The summed E-state index contributed by atoms with van der Waals surface area (Å²) in [5, 5.41) is 52.4. The fraction of sp³-hybridized carbons (Fsp3) is 0.411. The van der Waals surface area contributed by atoms with E-state index in [2.05, 4.69) is 84.4 Å². The van der Waals surface area contributed by atoms with E-state index in [-0.39, 0.29) is 92.7 Å². The number of halogens is 1. The van der Waals surface area contributed by atoms with Crippen LogP contribution in [0.5, 0.6) is 0 Å². The zero-order valence-electron chi connectivity index (χ0n) is 71.7. The average Bonchev–Trinajstić information content (AvgIpc) is 1.59. The van der Waals surface area contributed by atoms with Crippen LogP contribution >= 0.6 is 11.6 Å². The number of primary amides is 1. The highest BCUT2D eigenvalue weighted by Gasteiger charge is 2.41. The zero-order chi connectivity index (χ0) is 91.3. The van der Waals surface area contributed by atoms with E-state index in [1.807, 2.05) is 77.5 Å². The first kappa shape index (κ1) is 96.7. The number of rotatable bonds is 44. The van der Waals surface area contributed by atoms with Crippen LogP contribution in [0.1, 0.15) is 118 Å². The second-order valence-corrected chi connectivity index (χ2v) is 33.7. The molecule has 2 fully saturated rings. The molecule has 126 heavy (non-hydrogen) atoms. The number of aliphatic hydroxyl groups is 1. The molecule has 2 aliphatic rings. The van der Waals surface area contributed by atoms with Crippen molar-refractivity contribution in [3.63, 3.8) is 0 Å². The van der Waals surface area contributed by atoms with Crippen molar-refractivity contribution in [3.05, 3.63) is 208 Å². The van der Waals surface area contributed by atoms with Crippen molar-refractivity contribution in [1.82, 2.24) is 73.4 Å². The number of likely N-dealkylation sites (N-methyl/N-ethyl adjacent to an activating group) is 1. The normalized spacial score (nSPS) is 16.0. The molecule has 1 unspecified atom stereocenters. The molecule has 7 aromatic rings. The van der Waals surface area contributed by atoms with E-state index in [0.29, 0.717) is 63.3 Å². The molecule has 2 saturated heterocycles. The van der Waals surface area contributed by atoms with E-state index in [9.17, 15) is 48.3 Å². The van der Waals surface area contributed by atoms with Gasteiger partial charge in [0.15, 0.2) is 12.6 Å². The Morgan fingerprint density at radius 1 is 0.540 bits per heavy atom. The van der Waals surface area contributed by atoms with E-state index in [1.165, 1.54) is 66.9 Å². The standard InChI is InChI=1S/C90H112ClN19O16/c1-52(2)40-67(81(117)99-66(20-11-12-38-95-53(3)4)89(125)109-39-15-21-75(109)88(124)96-54(5)78(92)114)101-82(118)69(43-56-25-32-64(33-26-56)97-77(113)50-110(6,7)8)102-84(120)70(44-57-27-34-65(35-28-57)98-80(116)73-47-76(112)108-90(126)107-73)105-87(123)74(51-111)106-86(122)72(46-59-16-13-36-93-48-59)104-83(119)68(42-55-23-30-63(91)31-24-55)103-85(121)71(100-79(115)62-19-14-37-94-49-62)45-58-22-29-60-17-9-10-18-61(60)41-58/h9-10,13-14,16-19,22-37,41,48-49,52-54,66-75,95,111H,11-12,15,20-21,38-40,42-47,50-51H2,1-8H3,(H14-,92,96,97,98,99,100,101,102,103,104,105,106,107,108,112,113,114,115,116,117,118,119,120,121,122,123,124,126)/t54-,66+,67+,68-,69-,70+,71-,72-,73?,74+,75+/m1/s1. The number of nitrogens with zero attached hydrogens (tertiary/aromatic N) is 5. The summed E-state index contributed by atoms with van der Waals surface area (Å²) in [6.07, 6.45) is 5.70. The molecule has 0 aliphatic carbocycles.